The SMILES string of the molecule is Cc1cccc(C)c1NC(=O)CN[C@H](C)C(=O)O. The molecule has 0 fully saturated rings. The van der Waals surface area contributed by atoms with Crippen LogP contribution in [-0.4, -0.2) is 29.6 Å². The zero-order valence-electron chi connectivity index (χ0n) is 10.8. The summed E-state index contributed by atoms with van der Waals surface area (Å²) in [6.07, 6.45) is 0. The Morgan fingerprint density at radius 3 is 2.33 bits per heavy atom. The molecule has 3 N–H and O–H groups in total. The van der Waals surface area contributed by atoms with Gasteiger partial charge in [-0.15, -0.1) is 0 Å². The summed E-state index contributed by atoms with van der Waals surface area (Å²) < 4.78 is 0. The van der Waals surface area contributed by atoms with Crippen molar-refractivity contribution in [3.05, 3.63) is 29.3 Å². The Labute approximate surface area is 106 Å². The topological polar surface area (TPSA) is 78.4 Å². The molecule has 1 amide bonds. The van der Waals surface area contributed by atoms with Gasteiger partial charge in [-0.05, 0) is 31.9 Å². The van der Waals surface area contributed by atoms with Crippen LogP contribution in [0.3, 0.4) is 0 Å². The molecule has 0 unspecified atom stereocenters. The molecule has 0 spiro atoms. The van der Waals surface area contributed by atoms with E-state index in [1.165, 1.54) is 6.92 Å². The Bertz CT molecular complexity index is 437. The van der Waals surface area contributed by atoms with Gasteiger partial charge in [0.2, 0.25) is 5.91 Å². The maximum Gasteiger partial charge on any atom is 0.320 e. The first-order valence-electron chi connectivity index (χ1n) is 5.74. The fraction of sp³-hybridized carbons (Fsp3) is 0.385. The summed E-state index contributed by atoms with van der Waals surface area (Å²) in [6.45, 7) is 5.29. The van der Waals surface area contributed by atoms with Gasteiger partial charge in [0.25, 0.3) is 0 Å². The Morgan fingerprint density at radius 1 is 1.28 bits per heavy atom. The fourth-order valence-electron chi connectivity index (χ4n) is 1.53. The lowest BCUT2D eigenvalue weighted by Crippen LogP contribution is -2.39. The van der Waals surface area contributed by atoms with Crippen molar-refractivity contribution in [1.29, 1.82) is 0 Å². The first-order chi connectivity index (χ1) is 8.41. The van der Waals surface area contributed by atoms with Crippen molar-refractivity contribution < 1.29 is 14.7 Å². The molecule has 0 saturated heterocycles. The summed E-state index contributed by atoms with van der Waals surface area (Å²) in [7, 11) is 0. The molecule has 0 heterocycles. The van der Waals surface area contributed by atoms with E-state index in [9.17, 15) is 9.59 Å². The molecule has 18 heavy (non-hydrogen) atoms. The molecule has 1 aromatic rings. The summed E-state index contributed by atoms with van der Waals surface area (Å²) in [6, 6.07) is 5.01. The van der Waals surface area contributed by atoms with E-state index >= 15 is 0 Å². The van der Waals surface area contributed by atoms with Gasteiger partial charge in [0, 0.05) is 5.69 Å². The molecule has 0 saturated carbocycles. The normalized spacial score (nSPS) is 11.9. The van der Waals surface area contributed by atoms with E-state index in [4.69, 9.17) is 5.11 Å². The summed E-state index contributed by atoms with van der Waals surface area (Å²) >= 11 is 0. The maximum absolute atomic E-state index is 11.7. The van der Waals surface area contributed by atoms with Gasteiger partial charge in [0.1, 0.15) is 6.04 Å². The fourth-order valence-corrected chi connectivity index (χ4v) is 1.53. The lowest BCUT2D eigenvalue weighted by atomic mass is 10.1. The number of carboxylic acids is 1. The molecule has 0 aliphatic heterocycles. The van der Waals surface area contributed by atoms with E-state index in [-0.39, 0.29) is 12.5 Å². The van der Waals surface area contributed by atoms with Gasteiger partial charge in [-0.3, -0.25) is 14.9 Å². The van der Waals surface area contributed by atoms with Crippen LogP contribution in [-0.2, 0) is 9.59 Å². The molecule has 98 valence electrons. The van der Waals surface area contributed by atoms with E-state index in [0.29, 0.717) is 0 Å². The molecule has 1 atom stereocenters. The van der Waals surface area contributed by atoms with Crippen LogP contribution in [0.25, 0.3) is 0 Å². The van der Waals surface area contributed by atoms with Crippen LogP contribution in [0.5, 0.6) is 0 Å². The van der Waals surface area contributed by atoms with Crippen molar-refractivity contribution in [2.45, 2.75) is 26.8 Å². The monoisotopic (exact) mass is 250 g/mol. The number of aliphatic carboxylic acids is 1. The van der Waals surface area contributed by atoms with Crippen LogP contribution in [0.15, 0.2) is 18.2 Å². The number of carbonyl (C=O) groups is 2. The van der Waals surface area contributed by atoms with Crippen molar-refractivity contribution in [3.63, 3.8) is 0 Å². The minimum absolute atomic E-state index is 0.0265. The smallest absolute Gasteiger partial charge is 0.320 e. The van der Waals surface area contributed by atoms with Gasteiger partial charge in [0.05, 0.1) is 6.54 Å². The van der Waals surface area contributed by atoms with Gasteiger partial charge >= 0.3 is 5.97 Å². The van der Waals surface area contributed by atoms with Gasteiger partial charge in [-0.25, -0.2) is 0 Å². The Kier molecular flexibility index (Phi) is 4.85. The Morgan fingerprint density at radius 2 is 1.83 bits per heavy atom. The van der Waals surface area contributed by atoms with Gasteiger partial charge in [-0.2, -0.15) is 0 Å². The van der Waals surface area contributed by atoms with E-state index in [2.05, 4.69) is 10.6 Å². The van der Waals surface area contributed by atoms with Crippen molar-refractivity contribution >= 4 is 17.6 Å². The summed E-state index contributed by atoms with van der Waals surface area (Å²) in [4.78, 5) is 22.3. The largest absolute Gasteiger partial charge is 0.480 e. The van der Waals surface area contributed by atoms with Gasteiger partial charge < -0.3 is 10.4 Å². The molecule has 0 radical (unpaired) electrons. The van der Waals surface area contributed by atoms with Crippen molar-refractivity contribution in [3.8, 4) is 0 Å². The quantitative estimate of drug-likeness (QED) is 0.736. The van der Waals surface area contributed by atoms with Crippen LogP contribution in [0, 0.1) is 13.8 Å². The van der Waals surface area contributed by atoms with Crippen LogP contribution >= 0.6 is 0 Å². The molecule has 0 aliphatic rings. The third-order valence-corrected chi connectivity index (χ3v) is 2.68. The molecule has 1 aromatic carbocycles. The number of carboxylic acid groups (broad SMARTS) is 1. The van der Waals surface area contributed by atoms with Crippen molar-refractivity contribution in [2.24, 2.45) is 0 Å². The van der Waals surface area contributed by atoms with Crippen molar-refractivity contribution in [2.75, 3.05) is 11.9 Å². The second-order valence-electron chi connectivity index (χ2n) is 4.26. The number of amides is 1. The van der Waals surface area contributed by atoms with Crippen LogP contribution in [0.4, 0.5) is 5.69 Å². The first-order valence-corrected chi connectivity index (χ1v) is 5.74. The van der Waals surface area contributed by atoms with E-state index < -0.39 is 12.0 Å². The average Bonchev–Trinajstić information content (AvgIpc) is 2.30. The third kappa shape index (κ3) is 3.85. The number of aryl methyl sites for hydroxylation is 2. The number of benzene rings is 1. The highest BCUT2D eigenvalue weighted by molar-refractivity contribution is 5.94. The number of carbonyl (C=O) groups excluding carboxylic acids is 1. The molecule has 5 heteroatoms. The van der Waals surface area contributed by atoms with Gasteiger partial charge in [0.15, 0.2) is 0 Å². The second-order valence-corrected chi connectivity index (χ2v) is 4.26. The highest BCUT2D eigenvalue weighted by Crippen LogP contribution is 2.18. The third-order valence-electron chi connectivity index (χ3n) is 2.68. The number of para-hydroxylation sites is 1. The predicted molar refractivity (Wildman–Crippen MR) is 69.6 cm³/mol. The Balaban J connectivity index is 2.58. The molecular formula is C13H18N2O3. The lowest BCUT2D eigenvalue weighted by Gasteiger charge is -2.13. The molecule has 0 aromatic heterocycles. The van der Waals surface area contributed by atoms with E-state index in [0.717, 1.165) is 16.8 Å². The van der Waals surface area contributed by atoms with Crippen LogP contribution in [0.2, 0.25) is 0 Å². The first kappa shape index (κ1) is 14.2. The number of anilines is 1. The zero-order valence-corrected chi connectivity index (χ0v) is 10.8. The predicted octanol–water partition coefficient (Wildman–Crippen LogP) is 1.30. The Hall–Kier alpha value is -1.88. The number of nitrogens with one attached hydrogen (secondary N) is 2. The number of rotatable bonds is 5. The lowest BCUT2D eigenvalue weighted by molar-refractivity contribution is -0.139. The number of hydrogen-bond acceptors (Lipinski definition) is 3. The average molecular weight is 250 g/mol. The van der Waals surface area contributed by atoms with Crippen LogP contribution in [0.1, 0.15) is 18.1 Å². The zero-order chi connectivity index (χ0) is 13.7. The molecule has 5 nitrogen and oxygen atoms in total. The highest BCUT2D eigenvalue weighted by atomic mass is 16.4. The van der Waals surface area contributed by atoms with Crippen LogP contribution < -0.4 is 10.6 Å². The highest BCUT2D eigenvalue weighted by Gasteiger charge is 2.12. The standard InChI is InChI=1S/C13H18N2O3/c1-8-5-4-6-9(2)12(8)15-11(16)7-14-10(3)13(17)18/h4-6,10,14H,7H2,1-3H3,(H,15,16)(H,17,18)/t10-/m1/s1. The maximum atomic E-state index is 11.7. The van der Waals surface area contributed by atoms with E-state index in [1.54, 1.807) is 0 Å². The minimum atomic E-state index is -0.977. The van der Waals surface area contributed by atoms with Gasteiger partial charge in [-0.1, -0.05) is 18.2 Å². The minimum Gasteiger partial charge on any atom is -0.480 e. The van der Waals surface area contributed by atoms with E-state index in [1.807, 2.05) is 32.0 Å². The molecular weight excluding hydrogens is 232 g/mol. The summed E-state index contributed by atoms with van der Waals surface area (Å²) in [5.41, 5.74) is 2.75. The summed E-state index contributed by atoms with van der Waals surface area (Å²) in [5.74, 6) is -1.23. The van der Waals surface area contributed by atoms with Crippen molar-refractivity contribution in [1.82, 2.24) is 5.32 Å². The molecule has 1 rings (SSSR count). The summed E-state index contributed by atoms with van der Waals surface area (Å²) in [5, 5.41) is 14.1. The molecule has 0 aliphatic carbocycles. The second kappa shape index (κ2) is 6.16. The number of hydrogen-bond donors (Lipinski definition) is 3. The molecule has 0 bridgehead atoms.